The Balaban J connectivity index is 1.90. The Hall–Kier alpha value is -4.50. The molecule has 0 atom stereocenters. The summed E-state index contributed by atoms with van der Waals surface area (Å²) in [5, 5.41) is 0. The zero-order valence-electron chi connectivity index (χ0n) is 25.3. The van der Waals surface area contributed by atoms with E-state index in [4.69, 9.17) is 0 Å². The molecule has 0 aromatic heterocycles. The van der Waals surface area contributed by atoms with E-state index in [1.165, 1.54) is 33.4 Å². The van der Waals surface area contributed by atoms with Crippen LogP contribution >= 0.6 is 0 Å². The minimum absolute atomic E-state index is 0.629. The van der Waals surface area contributed by atoms with Gasteiger partial charge in [0.2, 0.25) is 0 Å². The SMILES string of the molecule is C[Si](C)(C)N(C(c1ccccc1)(c1ccccc1)c1ccccc1)C(c1ccccc1)(c1ccccc1)c1ccccc1. The van der Waals surface area contributed by atoms with E-state index < -0.39 is 19.3 Å². The highest BCUT2D eigenvalue weighted by Crippen LogP contribution is 2.55. The van der Waals surface area contributed by atoms with Gasteiger partial charge in [0.25, 0.3) is 0 Å². The summed E-state index contributed by atoms with van der Waals surface area (Å²) >= 11 is 0. The Morgan fingerprint density at radius 3 is 0.605 bits per heavy atom. The van der Waals surface area contributed by atoms with Gasteiger partial charge in [-0.3, -0.25) is 4.57 Å². The number of benzene rings is 6. The van der Waals surface area contributed by atoms with E-state index in [9.17, 15) is 0 Å². The third kappa shape index (κ3) is 4.97. The fourth-order valence-corrected chi connectivity index (χ4v) is 9.90. The second-order valence-electron chi connectivity index (χ2n) is 12.1. The summed E-state index contributed by atoms with van der Waals surface area (Å²) in [6.45, 7) is 7.50. The number of rotatable bonds is 9. The first kappa shape index (κ1) is 28.6. The van der Waals surface area contributed by atoms with E-state index in [1.807, 2.05) is 0 Å². The van der Waals surface area contributed by atoms with Crippen molar-refractivity contribution in [3.05, 3.63) is 215 Å². The van der Waals surface area contributed by atoms with Gasteiger partial charge in [0.05, 0.1) is 11.1 Å². The van der Waals surface area contributed by atoms with E-state index in [-0.39, 0.29) is 0 Å². The minimum Gasteiger partial charge on any atom is -0.291 e. The van der Waals surface area contributed by atoms with Gasteiger partial charge in [0, 0.05) is 0 Å². The second kappa shape index (κ2) is 12.0. The van der Waals surface area contributed by atoms with Gasteiger partial charge in [-0.2, -0.15) is 0 Å². The molecule has 0 aliphatic heterocycles. The lowest BCUT2D eigenvalue weighted by atomic mass is 9.70. The van der Waals surface area contributed by atoms with Crippen LogP contribution in [0.2, 0.25) is 19.6 Å². The molecule has 0 bridgehead atoms. The van der Waals surface area contributed by atoms with E-state index in [0.717, 1.165) is 0 Å². The monoisotopic (exact) mass is 573 g/mol. The van der Waals surface area contributed by atoms with Gasteiger partial charge >= 0.3 is 0 Å². The molecule has 0 aliphatic rings. The first-order chi connectivity index (χ1) is 21.0. The molecule has 43 heavy (non-hydrogen) atoms. The molecule has 0 heterocycles. The largest absolute Gasteiger partial charge is 0.291 e. The van der Waals surface area contributed by atoms with E-state index in [0.29, 0.717) is 0 Å². The highest BCUT2D eigenvalue weighted by molar-refractivity contribution is 6.73. The van der Waals surface area contributed by atoms with E-state index in [1.54, 1.807) is 0 Å². The van der Waals surface area contributed by atoms with Gasteiger partial charge in [-0.05, 0) is 33.4 Å². The van der Waals surface area contributed by atoms with Gasteiger partial charge in [0.15, 0.2) is 0 Å². The van der Waals surface area contributed by atoms with Crippen molar-refractivity contribution in [3.8, 4) is 0 Å². The van der Waals surface area contributed by atoms with Crippen LogP contribution in [0.5, 0.6) is 0 Å². The highest BCUT2D eigenvalue weighted by atomic mass is 28.3. The lowest BCUT2D eigenvalue weighted by molar-refractivity contribution is 0.163. The van der Waals surface area contributed by atoms with Crippen molar-refractivity contribution in [1.82, 2.24) is 4.57 Å². The summed E-state index contributed by atoms with van der Waals surface area (Å²) in [7, 11) is -2.32. The summed E-state index contributed by atoms with van der Waals surface area (Å²) in [5.41, 5.74) is 6.25. The topological polar surface area (TPSA) is 3.24 Å². The van der Waals surface area contributed by atoms with Gasteiger partial charge in [-0.1, -0.05) is 202 Å². The van der Waals surface area contributed by atoms with Crippen LogP contribution in [0.25, 0.3) is 0 Å². The summed E-state index contributed by atoms with van der Waals surface area (Å²) in [5.74, 6) is 0. The summed E-state index contributed by atoms with van der Waals surface area (Å²) in [4.78, 5) is 0. The standard InChI is InChI=1S/C41H39NSi/c1-43(2,3)42(40(34-22-10-4-11-23-34,35-24-12-5-13-25-35)36-26-14-6-15-27-36)41(37-28-16-7-17-29-37,38-30-18-8-19-31-38)39-32-20-9-21-33-39/h4-33H,1-3H3. The molecule has 0 spiro atoms. The third-order valence-corrected chi connectivity index (χ3v) is 10.5. The predicted octanol–water partition coefficient (Wildman–Crippen LogP) is 10.1. The normalized spacial score (nSPS) is 12.3. The molecular formula is C41H39NSi. The number of hydrogen-bond acceptors (Lipinski definition) is 1. The van der Waals surface area contributed by atoms with Crippen molar-refractivity contribution in [2.24, 2.45) is 0 Å². The number of nitrogens with zero attached hydrogens (tertiary/aromatic N) is 1. The molecule has 0 unspecified atom stereocenters. The summed E-state index contributed by atoms with van der Waals surface area (Å²) in [6, 6.07) is 66.8. The lowest BCUT2D eigenvalue weighted by Gasteiger charge is -2.61. The van der Waals surface area contributed by atoms with Crippen LogP contribution in [0.1, 0.15) is 33.4 Å². The first-order valence-electron chi connectivity index (χ1n) is 15.1. The third-order valence-electron chi connectivity index (χ3n) is 8.49. The van der Waals surface area contributed by atoms with Gasteiger partial charge in [-0.25, -0.2) is 0 Å². The molecule has 0 aliphatic carbocycles. The Morgan fingerprint density at radius 2 is 0.465 bits per heavy atom. The van der Waals surface area contributed by atoms with Crippen LogP contribution in [-0.2, 0) is 11.1 Å². The maximum absolute atomic E-state index is 2.92. The van der Waals surface area contributed by atoms with E-state index in [2.05, 4.69) is 206 Å². The van der Waals surface area contributed by atoms with E-state index >= 15 is 0 Å². The van der Waals surface area contributed by atoms with Gasteiger partial charge < -0.3 is 0 Å². The molecule has 6 aromatic carbocycles. The minimum atomic E-state index is -2.32. The van der Waals surface area contributed by atoms with Crippen LogP contribution in [0.4, 0.5) is 0 Å². The molecule has 1 nitrogen and oxygen atoms in total. The van der Waals surface area contributed by atoms with Crippen LogP contribution in [0, 0.1) is 0 Å². The molecular weight excluding hydrogens is 535 g/mol. The van der Waals surface area contributed by atoms with Gasteiger partial charge in [-0.15, -0.1) is 0 Å². The zero-order chi connectivity index (χ0) is 29.8. The molecule has 0 amide bonds. The molecule has 212 valence electrons. The zero-order valence-corrected chi connectivity index (χ0v) is 26.3. The summed E-state index contributed by atoms with van der Waals surface area (Å²) in [6.07, 6.45) is 0. The highest BCUT2D eigenvalue weighted by Gasteiger charge is 2.58. The Morgan fingerprint density at radius 1 is 0.302 bits per heavy atom. The van der Waals surface area contributed by atoms with Crippen LogP contribution in [0.15, 0.2) is 182 Å². The van der Waals surface area contributed by atoms with Crippen molar-refractivity contribution < 1.29 is 0 Å². The molecule has 6 rings (SSSR count). The molecule has 0 saturated heterocycles. The van der Waals surface area contributed by atoms with Crippen molar-refractivity contribution in [3.63, 3.8) is 0 Å². The smallest absolute Gasteiger partial charge is 0.122 e. The Bertz CT molecular complexity index is 1390. The predicted molar refractivity (Wildman–Crippen MR) is 184 cm³/mol. The molecule has 0 radical (unpaired) electrons. The molecule has 0 saturated carbocycles. The summed E-state index contributed by atoms with van der Waals surface area (Å²) < 4.78 is 2.92. The molecule has 0 fully saturated rings. The fraction of sp³-hybridized carbons (Fsp3) is 0.122. The van der Waals surface area contributed by atoms with Crippen LogP contribution in [-0.4, -0.2) is 12.8 Å². The van der Waals surface area contributed by atoms with Crippen LogP contribution in [0.3, 0.4) is 0 Å². The van der Waals surface area contributed by atoms with Crippen LogP contribution < -0.4 is 0 Å². The quantitative estimate of drug-likeness (QED) is 0.123. The maximum atomic E-state index is 2.92. The van der Waals surface area contributed by atoms with Gasteiger partial charge in [0.1, 0.15) is 8.24 Å². The maximum Gasteiger partial charge on any atom is 0.122 e. The average Bonchev–Trinajstić information content (AvgIpc) is 3.07. The Labute approximate surface area is 258 Å². The molecule has 6 aromatic rings. The van der Waals surface area contributed by atoms with Crippen molar-refractivity contribution in [1.29, 1.82) is 0 Å². The lowest BCUT2D eigenvalue weighted by Crippen LogP contribution is -2.68. The average molecular weight is 574 g/mol. The van der Waals surface area contributed by atoms with Crippen molar-refractivity contribution >= 4 is 8.24 Å². The first-order valence-corrected chi connectivity index (χ1v) is 18.6. The molecule has 0 N–H and O–H groups in total. The number of hydrogen-bond donors (Lipinski definition) is 0. The second-order valence-corrected chi connectivity index (χ2v) is 16.9. The Kier molecular flexibility index (Phi) is 7.99. The fourth-order valence-electron chi connectivity index (χ4n) is 7.11. The molecule has 2 heteroatoms. The van der Waals surface area contributed by atoms with Crippen molar-refractivity contribution in [2.45, 2.75) is 30.7 Å². The van der Waals surface area contributed by atoms with Crippen molar-refractivity contribution in [2.75, 3.05) is 0 Å².